The minimum Gasteiger partial charge on any atom is -0.361 e. The lowest BCUT2D eigenvalue weighted by Gasteiger charge is -2.30. The lowest BCUT2D eigenvalue weighted by Crippen LogP contribution is -2.49. The van der Waals surface area contributed by atoms with Crippen LogP contribution in [0.2, 0.25) is 0 Å². The van der Waals surface area contributed by atoms with Crippen molar-refractivity contribution in [3.63, 3.8) is 0 Å². The van der Waals surface area contributed by atoms with E-state index in [1.54, 1.807) is 21.9 Å². The number of rotatable bonds is 10. The maximum Gasteiger partial charge on any atom is 0.318 e. The van der Waals surface area contributed by atoms with Gasteiger partial charge in [-0.25, -0.2) is 9.18 Å². The second kappa shape index (κ2) is 12.2. The SMILES string of the molecule is CC(C)N(CC(=O)N(CCc1c[nH]c2ccccc12)Cc1ccc(F)cc1)C(=O)NCc1ccccc1. The quantitative estimate of drug-likeness (QED) is 0.302. The van der Waals surface area contributed by atoms with Crippen LogP contribution in [0.5, 0.6) is 0 Å². The normalized spacial score (nSPS) is 11.0. The summed E-state index contributed by atoms with van der Waals surface area (Å²) in [6, 6.07) is 23.4. The first-order valence-corrected chi connectivity index (χ1v) is 12.6. The minimum atomic E-state index is -0.318. The number of urea groups is 1. The molecule has 3 amide bonds. The van der Waals surface area contributed by atoms with Crippen LogP contribution in [0.25, 0.3) is 10.9 Å². The molecular formula is C30H33FN4O2. The summed E-state index contributed by atoms with van der Waals surface area (Å²) in [6.07, 6.45) is 2.63. The van der Waals surface area contributed by atoms with Crippen LogP contribution in [0.3, 0.4) is 0 Å². The van der Waals surface area contributed by atoms with Gasteiger partial charge in [-0.15, -0.1) is 0 Å². The van der Waals surface area contributed by atoms with Gasteiger partial charge in [0.2, 0.25) is 5.91 Å². The molecule has 1 heterocycles. The minimum absolute atomic E-state index is 0.0482. The molecule has 0 saturated heterocycles. The summed E-state index contributed by atoms with van der Waals surface area (Å²) in [5, 5.41) is 4.05. The first-order valence-electron chi connectivity index (χ1n) is 12.6. The van der Waals surface area contributed by atoms with E-state index in [9.17, 15) is 14.0 Å². The van der Waals surface area contributed by atoms with Gasteiger partial charge in [0.1, 0.15) is 12.4 Å². The lowest BCUT2D eigenvalue weighted by atomic mass is 10.1. The van der Waals surface area contributed by atoms with E-state index in [1.165, 1.54) is 12.1 Å². The van der Waals surface area contributed by atoms with Crippen LogP contribution in [-0.4, -0.2) is 45.9 Å². The Morgan fingerprint density at radius 1 is 0.919 bits per heavy atom. The van der Waals surface area contributed by atoms with Crippen molar-refractivity contribution in [3.8, 4) is 0 Å². The van der Waals surface area contributed by atoms with E-state index in [-0.39, 0.29) is 30.3 Å². The summed E-state index contributed by atoms with van der Waals surface area (Å²) in [5.74, 6) is -0.478. The van der Waals surface area contributed by atoms with E-state index in [4.69, 9.17) is 0 Å². The number of hydrogen-bond donors (Lipinski definition) is 2. The zero-order valence-corrected chi connectivity index (χ0v) is 21.3. The first-order chi connectivity index (χ1) is 17.9. The number of hydrogen-bond acceptors (Lipinski definition) is 2. The molecule has 0 bridgehead atoms. The van der Waals surface area contributed by atoms with Crippen LogP contribution < -0.4 is 5.32 Å². The number of fused-ring (bicyclic) bond motifs is 1. The zero-order chi connectivity index (χ0) is 26.2. The van der Waals surface area contributed by atoms with Crippen LogP contribution in [-0.2, 0) is 24.3 Å². The third-order valence-corrected chi connectivity index (χ3v) is 6.44. The molecule has 0 unspecified atom stereocenters. The molecule has 0 aliphatic carbocycles. The van der Waals surface area contributed by atoms with Gasteiger partial charge in [-0.2, -0.15) is 0 Å². The van der Waals surface area contributed by atoms with Gasteiger partial charge in [-0.1, -0.05) is 60.7 Å². The Bertz CT molecular complexity index is 1320. The van der Waals surface area contributed by atoms with Crippen molar-refractivity contribution >= 4 is 22.8 Å². The van der Waals surface area contributed by atoms with Gasteiger partial charge in [0.15, 0.2) is 0 Å². The molecule has 3 aromatic carbocycles. The third-order valence-electron chi connectivity index (χ3n) is 6.44. The molecular weight excluding hydrogens is 467 g/mol. The fourth-order valence-electron chi connectivity index (χ4n) is 4.31. The van der Waals surface area contributed by atoms with Crippen molar-refractivity contribution in [1.82, 2.24) is 20.1 Å². The number of amides is 3. The third kappa shape index (κ3) is 6.97. The number of aromatic amines is 1. The molecule has 4 aromatic rings. The lowest BCUT2D eigenvalue weighted by molar-refractivity contribution is -0.132. The molecule has 1 aromatic heterocycles. The summed E-state index contributed by atoms with van der Waals surface area (Å²) in [7, 11) is 0. The predicted molar refractivity (Wildman–Crippen MR) is 144 cm³/mol. The topological polar surface area (TPSA) is 68.4 Å². The Balaban J connectivity index is 1.47. The molecule has 0 saturated carbocycles. The number of carbonyl (C=O) groups is 2. The van der Waals surface area contributed by atoms with Gasteiger partial charge in [-0.05, 0) is 55.2 Å². The number of nitrogens with zero attached hydrogens (tertiary/aromatic N) is 2. The summed E-state index contributed by atoms with van der Waals surface area (Å²) in [4.78, 5) is 33.1. The molecule has 0 aliphatic rings. The number of nitrogens with one attached hydrogen (secondary N) is 2. The van der Waals surface area contributed by atoms with Gasteiger partial charge >= 0.3 is 6.03 Å². The maximum absolute atomic E-state index is 13.6. The predicted octanol–water partition coefficient (Wildman–Crippen LogP) is 5.50. The highest BCUT2D eigenvalue weighted by Gasteiger charge is 2.24. The van der Waals surface area contributed by atoms with Gasteiger partial charge in [-0.3, -0.25) is 4.79 Å². The highest BCUT2D eigenvalue weighted by molar-refractivity contribution is 5.85. The molecule has 37 heavy (non-hydrogen) atoms. The first kappa shape index (κ1) is 25.9. The van der Waals surface area contributed by atoms with Crippen LogP contribution in [0.1, 0.15) is 30.5 Å². The maximum atomic E-state index is 13.6. The second-order valence-electron chi connectivity index (χ2n) is 9.42. The van der Waals surface area contributed by atoms with E-state index in [1.807, 2.05) is 68.6 Å². The number of benzene rings is 3. The van der Waals surface area contributed by atoms with Gasteiger partial charge in [0.25, 0.3) is 0 Å². The number of halogens is 1. The van der Waals surface area contributed by atoms with Crippen molar-refractivity contribution in [2.24, 2.45) is 0 Å². The summed E-state index contributed by atoms with van der Waals surface area (Å²) < 4.78 is 13.5. The number of aromatic nitrogens is 1. The highest BCUT2D eigenvalue weighted by atomic mass is 19.1. The summed E-state index contributed by atoms with van der Waals surface area (Å²) in [6.45, 7) is 4.93. The zero-order valence-electron chi connectivity index (χ0n) is 21.3. The molecule has 0 radical (unpaired) electrons. The van der Waals surface area contributed by atoms with Crippen molar-refractivity contribution in [2.45, 2.75) is 39.4 Å². The van der Waals surface area contributed by atoms with Crippen molar-refractivity contribution in [2.75, 3.05) is 13.1 Å². The molecule has 0 aliphatic heterocycles. The summed E-state index contributed by atoms with van der Waals surface area (Å²) >= 11 is 0. The Kier molecular flexibility index (Phi) is 8.56. The van der Waals surface area contributed by atoms with E-state index >= 15 is 0 Å². The van der Waals surface area contributed by atoms with Crippen LogP contribution in [0.15, 0.2) is 85.1 Å². The average molecular weight is 501 g/mol. The molecule has 4 rings (SSSR count). The Morgan fingerprint density at radius 2 is 1.62 bits per heavy atom. The molecule has 2 N–H and O–H groups in total. The fourth-order valence-corrected chi connectivity index (χ4v) is 4.31. The summed E-state index contributed by atoms with van der Waals surface area (Å²) in [5.41, 5.74) is 3.99. The molecule has 0 spiro atoms. The van der Waals surface area contributed by atoms with E-state index in [0.29, 0.717) is 26.1 Å². The molecule has 6 nitrogen and oxygen atoms in total. The number of H-pyrrole nitrogens is 1. The monoisotopic (exact) mass is 500 g/mol. The van der Waals surface area contributed by atoms with Crippen LogP contribution >= 0.6 is 0 Å². The average Bonchev–Trinajstić information content (AvgIpc) is 3.32. The molecule has 0 atom stereocenters. The molecule has 0 fully saturated rings. The molecule has 192 valence electrons. The van der Waals surface area contributed by atoms with Crippen LogP contribution in [0.4, 0.5) is 9.18 Å². The standard InChI is InChI=1S/C30H33FN4O2/c1-22(2)35(30(37)33-18-23-8-4-3-5-9-23)21-29(36)34(20-24-12-14-26(31)15-13-24)17-16-25-19-32-28-11-7-6-10-27(25)28/h3-15,19,22,32H,16-18,20-21H2,1-2H3,(H,33,37). The Hall–Kier alpha value is -4.13. The fraction of sp³-hybridized carbons (Fsp3) is 0.267. The Labute approximate surface area is 217 Å². The number of para-hydroxylation sites is 1. The second-order valence-corrected chi connectivity index (χ2v) is 9.42. The van der Waals surface area contributed by atoms with Gasteiger partial charge in [0, 0.05) is 42.8 Å². The van der Waals surface area contributed by atoms with Gasteiger partial charge in [0.05, 0.1) is 0 Å². The van der Waals surface area contributed by atoms with Crippen molar-refractivity contribution < 1.29 is 14.0 Å². The van der Waals surface area contributed by atoms with E-state index < -0.39 is 0 Å². The van der Waals surface area contributed by atoms with E-state index in [0.717, 1.165) is 27.6 Å². The largest absolute Gasteiger partial charge is 0.361 e. The smallest absolute Gasteiger partial charge is 0.318 e. The van der Waals surface area contributed by atoms with Crippen molar-refractivity contribution in [3.05, 3.63) is 108 Å². The molecule has 7 heteroatoms. The van der Waals surface area contributed by atoms with E-state index in [2.05, 4.69) is 16.4 Å². The van der Waals surface area contributed by atoms with Crippen molar-refractivity contribution in [1.29, 1.82) is 0 Å². The van der Waals surface area contributed by atoms with Crippen LogP contribution in [0, 0.1) is 5.82 Å². The Morgan fingerprint density at radius 3 is 2.35 bits per heavy atom. The van der Waals surface area contributed by atoms with Gasteiger partial charge < -0.3 is 20.1 Å². The highest BCUT2D eigenvalue weighted by Crippen LogP contribution is 2.19. The number of carbonyl (C=O) groups excluding carboxylic acids is 2.